The van der Waals surface area contributed by atoms with Gasteiger partial charge in [0.1, 0.15) is 5.75 Å². The lowest BCUT2D eigenvalue weighted by Gasteiger charge is -2.21. The van der Waals surface area contributed by atoms with E-state index in [1.54, 1.807) is 7.11 Å². The van der Waals surface area contributed by atoms with E-state index in [9.17, 15) is 5.11 Å². The molecule has 0 amide bonds. The van der Waals surface area contributed by atoms with Crippen LogP contribution >= 0.6 is 0 Å². The van der Waals surface area contributed by atoms with Gasteiger partial charge in [-0.05, 0) is 37.9 Å². The third-order valence-corrected chi connectivity index (χ3v) is 4.37. The maximum absolute atomic E-state index is 9.92. The minimum Gasteiger partial charge on any atom is -0.496 e. The van der Waals surface area contributed by atoms with Gasteiger partial charge in [-0.25, -0.2) is 0 Å². The van der Waals surface area contributed by atoms with E-state index in [4.69, 9.17) is 9.15 Å². The van der Waals surface area contributed by atoms with Crippen LogP contribution in [-0.2, 0) is 6.54 Å². The maximum atomic E-state index is 9.92. The highest BCUT2D eigenvalue weighted by atomic mass is 16.5. The molecule has 0 spiro atoms. The predicted molar refractivity (Wildman–Crippen MR) is 86.0 cm³/mol. The van der Waals surface area contributed by atoms with E-state index in [-0.39, 0.29) is 6.10 Å². The molecule has 124 valence electrons. The molecule has 1 aliphatic rings. The second-order valence-corrected chi connectivity index (χ2v) is 6.16. The van der Waals surface area contributed by atoms with E-state index in [0.717, 1.165) is 31.4 Å². The predicted octanol–water partition coefficient (Wildman–Crippen LogP) is 2.34. The zero-order valence-electron chi connectivity index (χ0n) is 13.6. The summed E-state index contributed by atoms with van der Waals surface area (Å²) in [5, 5.41) is 18.2. The lowest BCUT2D eigenvalue weighted by molar-refractivity contribution is 0.105. The van der Waals surface area contributed by atoms with Crippen LogP contribution in [0.3, 0.4) is 0 Å². The second-order valence-electron chi connectivity index (χ2n) is 6.16. The van der Waals surface area contributed by atoms with Crippen molar-refractivity contribution < 1.29 is 14.3 Å². The van der Waals surface area contributed by atoms with Crippen molar-refractivity contribution in [3.05, 3.63) is 30.2 Å². The van der Waals surface area contributed by atoms with Crippen molar-refractivity contribution in [2.75, 3.05) is 20.7 Å². The van der Waals surface area contributed by atoms with Crippen LogP contribution in [0.25, 0.3) is 11.5 Å². The fourth-order valence-electron chi connectivity index (χ4n) is 3.17. The van der Waals surface area contributed by atoms with Gasteiger partial charge in [-0.3, -0.25) is 4.90 Å². The molecular formula is C17H23N3O3. The summed E-state index contributed by atoms with van der Waals surface area (Å²) in [6, 6.07) is 7.58. The zero-order chi connectivity index (χ0) is 16.2. The van der Waals surface area contributed by atoms with E-state index in [1.165, 1.54) is 0 Å². The van der Waals surface area contributed by atoms with Gasteiger partial charge in [0, 0.05) is 6.54 Å². The Bertz CT molecular complexity index is 644. The highest BCUT2D eigenvalue weighted by molar-refractivity contribution is 5.62. The summed E-state index contributed by atoms with van der Waals surface area (Å²) in [7, 11) is 3.63. The fraction of sp³-hybridized carbons (Fsp3) is 0.529. The van der Waals surface area contributed by atoms with E-state index < -0.39 is 0 Å². The molecule has 1 heterocycles. The van der Waals surface area contributed by atoms with Gasteiger partial charge in [0.2, 0.25) is 5.89 Å². The van der Waals surface area contributed by atoms with Crippen LogP contribution in [0.4, 0.5) is 0 Å². The van der Waals surface area contributed by atoms with Gasteiger partial charge in [0.25, 0.3) is 5.89 Å². The number of methoxy groups -OCH3 is 1. The molecule has 1 fully saturated rings. The molecule has 6 nitrogen and oxygen atoms in total. The molecule has 0 aliphatic heterocycles. The number of aromatic nitrogens is 2. The Morgan fingerprint density at radius 3 is 2.87 bits per heavy atom. The van der Waals surface area contributed by atoms with Crippen molar-refractivity contribution in [2.24, 2.45) is 5.92 Å². The quantitative estimate of drug-likeness (QED) is 0.882. The summed E-state index contributed by atoms with van der Waals surface area (Å²) in [6.45, 7) is 1.42. The Morgan fingerprint density at radius 2 is 2.13 bits per heavy atom. The van der Waals surface area contributed by atoms with Gasteiger partial charge in [0.15, 0.2) is 0 Å². The van der Waals surface area contributed by atoms with Crippen LogP contribution in [0.5, 0.6) is 5.75 Å². The standard InChI is InChI=1S/C17H23N3O3/c1-20(10-12-6-5-8-14(12)21)11-16-18-19-17(23-16)13-7-3-4-9-15(13)22-2/h3-4,7,9,12,14,21H,5-6,8,10-11H2,1-2H3. The highest BCUT2D eigenvalue weighted by Crippen LogP contribution is 2.29. The first-order valence-corrected chi connectivity index (χ1v) is 7.99. The van der Waals surface area contributed by atoms with Gasteiger partial charge in [-0.2, -0.15) is 0 Å². The first-order chi connectivity index (χ1) is 11.2. The molecule has 6 heteroatoms. The molecule has 3 rings (SSSR count). The lowest BCUT2D eigenvalue weighted by Crippen LogP contribution is -2.29. The Morgan fingerprint density at radius 1 is 1.30 bits per heavy atom. The van der Waals surface area contributed by atoms with Crippen LogP contribution in [0.1, 0.15) is 25.2 Å². The Labute approximate surface area is 136 Å². The van der Waals surface area contributed by atoms with Crippen molar-refractivity contribution in [1.82, 2.24) is 15.1 Å². The summed E-state index contributed by atoms with van der Waals surface area (Å²) in [6.07, 6.45) is 2.93. The molecule has 23 heavy (non-hydrogen) atoms. The molecule has 1 saturated carbocycles. The summed E-state index contributed by atoms with van der Waals surface area (Å²) >= 11 is 0. The van der Waals surface area contributed by atoms with Crippen molar-refractivity contribution in [1.29, 1.82) is 0 Å². The van der Waals surface area contributed by atoms with Crippen molar-refractivity contribution in [3.63, 3.8) is 0 Å². The average Bonchev–Trinajstić information content (AvgIpc) is 3.17. The van der Waals surface area contributed by atoms with E-state index in [1.807, 2.05) is 31.3 Å². The summed E-state index contributed by atoms with van der Waals surface area (Å²) in [4.78, 5) is 2.12. The number of aliphatic hydroxyl groups excluding tert-OH is 1. The van der Waals surface area contributed by atoms with E-state index in [0.29, 0.717) is 30.0 Å². The summed E-state index contributed by atoms with van der Waals surface area (Å²) < 4.78 is 11.1. The number of aliphatic hydroxyl groups is 1. The van der Waals surface area contributed by atoms with E-state index >= 15 is 0 Å². The van der Waals surface area contributed by atoms with Crippen LogP contribution in [-0.4, -0.2) is 47.0 Å². The average molecular weight is 317 g/mol. The molecule has 1 aromatic carbocycles. The minimum absolute atomic E-state index is 0.177. The van der Waals surface area contributed by atoms with Crippen molar-refractivity contribution >= 4 is 0 Å². The molecule has 1 N–H and O–H groups in total. The van der Waals surface area contributed by atoms with Crippen LogP contribution < -0.4 is 4.74 Å². The first-order valence-electron chi connectivity index (χ1n) is 7.99. The summed E-state index contributed by atoms with van der Waals surface area (Å²) in [5.74, 6) is 2.09. The number of rotatable bonds is 6. The van der Waals surface area contributed by atoms with Crippen LogP contribution in [0.15, 0.2) is 28.7 Å². The van der Waals surface area contributed by atoms with Crippen molar-refractivity contribution in [2.45, 2.75) is 31.9 Å². The Kier molecular flexibility index (Phi) is 4.93. The van der Waals surface area contributed by atoms with Gasteiger partial charge >= 0.3 is 0 Å². The molecule has 0 radical (unpaired) electrons. The first kappa shape index (κ1) is 16.0. The normalized spacial score (nSPS) is 21.0. The van der Waals surface area contributed by atoms with Crippen LogP contribution in [0.2, 0.25) is 0 Å². The molecule has 2 aromatic rings. The molecular weight excluding hydrogens is 294 g/mol. The van der Waals surface area contributed by atoms with Crippen LogP contribution in [0, 0.1) is 5.92 Å². The number of hydrogen-bond acceptors (Lipinski definition) is 6. The number of benzene rings is 1. The monoisotopic (exact) mass is 317 g/mol. The topological polar surface area (TPSA) is 71.6 Å². The molecule has 2 unspecified atom stereocenters. The third-order valence-electron chi connectivity index (χ3n) is 4.37. The molecule has 1 aromatic heterocycles. The zero-order valence-corrected chi connectivity index (χ0v) is 13.6. The SMILES string of the molecule is COc1ccccc1-c1nnc(CN(C)CC2CCCC2O)o1. The smallest absolute Gasteiger partial charge is 0.251 e. The largest absolute Gasteiger partial charge is 0.496 e. The highest BCUT2D eigenvalue weighted by Gasteiger charge is 2.26. The molecule has 0 saturated heterocycles. The Balaban J connectivity index is 1.65. The number of nitrogens with zero attached hydrogens (tertiary/aromatic N) is 3. The third kappa shape index (κ3) is 3.71. The molecule has 2 atom stereocenters. The van der Waals surface area contributed by atoms with E-state index in [2.05, 4.69) is 15.1 Å². The fourth-order valence-corrected chi connectivity index (χ4v) is 3.17. The lowest BCUT2D eigenvalue weighted by atomic mass is 10.1. The number of para-hydroxylation sites is 1. The summed E-state index contributed by atoms with van der Waals surface area (Å²) in [5.41, 5.74) is 0.794. The second kappa shape index (κ2) is 7.10. The van der Waals surface area contributed by atoms with Gasteiger partial charge in [-0.15, -0.1) is 10.2 Å². The van der Waals surface area contributed by atoms with Gasteiger partial charge in [0.05, 0.1) is 25.3 Å². The Hall–Kier alpha value is -1.92. The van der Waals surface area contributed by atoms with Gasteiger partial charge < -0.3 is 14.3 Å². The number of ether oxygens (including phenoxy) is 1. The number of hydrogen-bond donors (Lipinski definition) is 1. The van der Waals surface area contributed by atoms with Gasteiger partial charge in [-0.1, -0.05) is 18.6 Å². The maximum Gasteiger partial charge on any atom is 0.251 e. The minimum atomic E-state index is -0.177. The van der Waals surface area contributed by atoms with Crippen molar-refractivity contribution in [3.8, 4) is 17.2 Å². The molecule has 0 bridgehead atoms. The molecule has 1 aliphatic carbocycles.